The van der Waals surface area contributed by atoms with E-state index in [1.807, 2.05) is 6.07 Å². The lowest BCUT2D eigenvalue weighted by Gasteiger charge is -2.30. The first kappa shape index (κ1) is 15.4. The van der Waals surface area contributed by atoms with Crippen molar-refractivity contribution in [1.29, 1.82) is 0 Å². The summed E-state index contributed by atoms with van der Waals surface area (Å²) < 4.78 is 13.4. The molecule has 1 heterocycles. The van der Waals surface area contributed by atoms with Gasteiger partial charge in [-0.05, 0) is 30.5 Å². The third kappa shape index (κ3) is 3.58. The minimum Gasteiger partial charge on any atom is -0.354 e. The number of rotatable bonds is 4. The van der Waals surface area contributed by atoms with Crippen LogP contribution in [0, 0.1) is 5.82 Å². The Kier molecular flexibility index (Phi) is 4.90. The molecule has 0 aromatic heterocycles. The number of nitrogens with two attached hydrogens (primary N) is 1. The Labute approximate surface area is 123 Å². The predicted molar refractivity (Wildman–Crippen MR) is 76.7 cm³/mol. The molecule has 0 radical (unpaired) electrons. The molecule has 5 nitrogen and oxygen atoms in total. The van der Waals surface area contributed by atoms with Gasteiger partial charge in [0.05, 0.1) is 12.6 Å². The van der Waals surface area contributed by atoms with Crippen molar-refractivity contribution in [1.82, 2.24) is 10.2 Å². The Hall–Kier alpha value is -1.95. The topological polar surface area (TPSA) is 75.4 Å². The molecule has 1 fully saturated rings. The van der Waals surface area contributed by atoms with E-state index in [1.54, 1.807) is 11.0 Å². The highest BCUT2D eigenvalue weighted by molar-refractivity contribution is 5.79. The van der Waals surface area contributed by atoms with Crippen LogP contribution in [0.3, 0.4) is 0 Å². The molecular formula is C15H20FN3O2. The summed E-state index contributed by atoms with van der Waals surface area (Å²) in [5.41, 5.74) is 6.25. The molecule has 1 aromatic rings. The molecule has 0 saturated carbocycles. The van der Waals surface area contributed by atoms with E-state index in [0.29, 0.717) is 6.54 Å². The van der Waals surface area contributed by atoms with E-state index in [-0.39, 0.29) is 36.3 Å². The third-order valence-corrected chi connectivity index (χ3v) is 3.79. The SMILES string of the molecule is CC(=O)NCC1CCC(c2cccc(F)c2)N1C(=O)CN. The highest BCUT2D eigenvalue weighted by atomic mass is 19.1. The number of halogens is 1. The number of hydrogen-bond donors (Lipinski definition) is 2. The van der Waals surface area contributed by atoms with E-state index in [4.69, 9.17) is 5.73 Å². The molecule has 3 N–H and O–H groups in total. The van der Waals surface area contributed by atoms with E-state index in [1.165, 1.54) is 19.1 Å². The molecule has 2 unspecified atom stereocenters. The Balaban J connectivity index is 2.21. The average molecular weight is 293 g/mol. The van der Waals surface area contributed by atoms with E-state index in [2.05, 4.69) is 5.32 Å². The number of nitrogens with one attached hydrogen (secondary N) is 1. The molecule has 114 valence electrons. The van der Waals surface area contributed by atoms with Crippen LogP contribution in [0.2, 0.25) is 0 Å². The first-order valence-corrected chi connectivity index (χ1v) is 7.04. The molecule has 1 saturated heterocycles. The van der Waals surface area contributed by atoms with Crippen molar-refractivity contribution in [2.24, 2.45) is 5.73 Å². The fraction of sp³-hybridized carbons (Fsp3) is 0.467. The maximum Gasteiger partial charge on any atom is 0.237 e. The van der Waals surface area contributed by atoms with Crippen LogP contribution in [0.5, 0.6) is 0 Å². The zero-order chi connectivity index (χ0) is 15.4. The Morgan fingerprint density at radius 1 is 1.43 bits per heavy atom. The Morgan fingerprint density at radius 2 is 2.19 bits per heavy atom. The predicted octanol–water partition coefficient (Wildman–Crippen LogP) is 0.953. The molecule has 0 spiro atoms. The van der Waals surface area contributed by atoms with Crippen LogP contribution in [0.25, 0.3) is 0 Å². The molecule has 2 atom stereocenters. The summed E-state index contributed by atoms with van der Waals surface area (Å²) >= 11 is 0. The van der Waals surface area contributed by atoms with Gasteiger partial charge in [-0.25, -0.2) is 4.39 Å². The lowest BCUT2D eigenvalue weighted by Crippen LogP contribution is -2.46. The van der Waals surface area contributed by atoms with Gasteiger partial charge in [-0.15, -0.1) is 0 Å². The molecule has 2 rings (SSSR count). The molecule has 6 heteroatoms. The largest absolute Gasteiger partial charge is 0.354 e. The molecule has 1 aliphatic rings. The summed E-state index contributed by atoms with van der Waals surface area (Å²) in [5, 5.41) is 2.73. The second kappa shape index (κ2) is 6.67. The van der Waals surface area contributed by atoms with Crippen molar-refractivity contribution in [3.8, 4) is 0 Å². The minimum absolute atomic E-state index is 0.0949. The highest BCUT2D eigenvalue weighted by Crippen LogP contribution is 2.36. The maximum absolute atomic E-state index is 13.4. The van der Waals surface area contributed by atoms with E-state index in [9.17, 15) is 14.0 Å². The van der Waals surface area contributed by atoms with Gasteiger partial charge in [0.15, 0.2) is 0 Å². The van der Waals surface area contributed by atoms with Gasteiger partial charge in [0.1, 0.15) is 5.82 Å². The standard InChI is InChI=1S/C15H20FN3O2/c1-10(20)18-9-13-5-6-14(19(13)15(21)8-17)11-3-2-4-12(16)7-11/h2-4,7,13-14H,5-6,8-9,17H2,1H3,(H,18,20). The van der Waals surface area contributed by atoms with Gasteiger partial charge in [-0.1, -0.05) is 12.1 Å². The molecule has 0 bridgehead atoms. The quantitative estimate of drug-likeness (QED) is 0.868. The molecule has 0 aliphatic carbocycles. The molecule has 2 amide bonds. The van der Waals surface area contributed by atoms with Gasteiger partial charge in [0, 0.05) is 19.5 Å². The molecule has 21 heavy (non-hydrogen) atoms. The van der Waals surface area contributed by atoms with Gasteiger partial charge in [-0.2, -0.15) is 0 Å². The van der Waals surface area contributed by atoms with Crippen molar-refractivity contribution < 1.29 is 14.0 Å². The van der Waals surface area contributed by atoms with Crippen molar-refractivity contribution >= 4 is 11.8 Å². The number of hydrogen-bond acceptors (Lipinski definition) is 3. The maximum atomic E-state index is 13.4. The summed E-state index contributed by atoms with van der Waals surface area (Å²) in [5.74, 6) is -0.639. The van der Waals surface area contributed by atoms with E-state index >= 15 is 0 Å². The van der Waals surface area contributed by atoms with Crippen LogP contribution >= 0.6 is 0 Å². The van der Waals surface area contributed by atoms with Crippen molar-refractivity contribution in [2.75, 3.05) is 13.1 Å². The normalized spacial score (nSPS) is 21.4. The highest BCUT2D eigenvalue weighted by Gasteiger charge is 2.37. The average Bonchev–Trinajstić information content (AvgIpc) is 2.88. The number of amides is 2. The van der Waals surface area contributed by atoms with Gasteiger partial charge in [0.2, 0.25) is 11.8 Å². The number of carbonyl (C=O) groups is 2. The molecule has 1 aliphatic heterocycles. The van der Waals surface area contributed by atoms with Crippen molar-refractivity contribution in [3.05, 3.63) is 35.6 Å². The number of benzene rings is 1. The second-order valence-corrected chi connectivity index (χ2v) is 5.24. The van der Waals surface area contributed by atoms with Crippen LogP contribution in [0.1, 0.15) is 31.4 Å². The van der Waals surface area contributed by atoms with Crippen molar-refractivity contribution in [2.45, 2.75) is 31.8 Å². The Morgan fingerprint density at radius 3 is 2.81 bits per heavy atom. The van der Waals surface area contributed by atoms with Gasteiger partial charge in [-0.3, -0.25) is 9.59 Å². The van der Waals surface area contributed by atoms with E-state index < -0.39 is 0 Å². The molecular weight excluding hydrogens is 273 g/mol. The Bertz CT molecular complexity index is 535. The fourth-order valence-corrected chi connectivity index (χ4v) is 2.87. The first-order valence-electron chi connectivity index (χ1n) is 7.04. The summed E-state index contributed by atoms with van der Waals surface area (Å²) in [6.45, 7) is 1.74. The van der Waals surface area contributed by atoms with Crippen LogP contribution in [-0.4, -0.2) is 35.8 Å². The summed E-state index contributed by atoms with van der Waals surface area (Å²) in [4.78, 5) is 24.9. The summed E-state index contributed by atoms with van der Waals surface area (Å²) in [6.07, 6.45) is 1.49. The minimum atomic E-state index is -0.321. The summed E-state index contributed by atoms with van der Waals surface area (Å²) in [7, 11) is 0. The lowest BCUT2D eigenvalue weighted by molar-refractivity contribution is -0.133. The second-order valence-electron chi connectivity index (χ2n) is 5.24. The lowest BCUT2D eigenvalue weighted by atomic mass is 10.0. The number of likely N-dealkylation sites (tertiary alicyclic amines) is 1. The van der Waals surface area contributed by atoms with Crippen molar-refractivity contribution in [3.63, 3.8) is 0 Å². The first-order chi connectivity index (χ1) is 10.0. The molecule has 1 aromatic carbocycles. The number of carbonyl (C=O) groups excluding carboxylic acids is 2. The van der Waals surface area contributed by atoms with Gasteiger partial charge < -0.3 is 16.0 Å². The van der Waals surface area contributed by atoms with Crippen LogP contribution < -0.4 is 11.1 Å². The fourth-order valence-electron chi connectivity index (χ4n) is 2.87. The van der Waals surface area contributed by atoms with Crippen LogP contribution in [-0.2, 0) is 9.59 Å². The third-order valence-electron chi connectivity index (χ3n) is 3.79. The zero-order valence-electron chi connectivity index (χ0n) is 12.0. The van der Waals surface area contributed by atoms with E-state index in [0.717, 1.165) is 18.4 Å². The van der Waals surface area contributed by atoms with Crippen LogP contribution in [0.15, 0.2) is 24.3 Å². The van der Waals surface area contributed by atoms with Crippen LogP contribution in [0.4, 0.5) is 4.39 Å². The smallest absolute Gasteiger partial charge is 0.237 e. The van der Waals surface area contributed by atoms with Gasteiger partial charge >= 0.3 is 0 Å². The van der Waals surface area contributed by atoms with Gasteiger partial charge in [0.25, 0.3) is 0 Å². The number of nitrogens with zero attached hydrogens (tertiary/aromatic N) is 1. The zero-order valence-corrected chi connectivity index (χ0v) is 12.0. The monoisotopic (exact) mass is 293 g/mol. The summed E-state index contributed by atoms with van der Waals surface area (Å²) in [6, 6.07) is 5.99.